The molecule has 0 atom stereocenters. The van der Waals surface area contributed by atoms with Gasteiger partial charge in [-0.05, 0) is 41.5 Å². The first-order valence-corrected chi connectivity index (χ1v) is 10.8. The predicted octanol–water partition coefficient (Wildman–Crippen LogP) is 5.29. The summed E-state index contributed by atoms with van der Waals surface area (Å²) in [6.07, 6.45) is 1.60. The molecule has 0 aliphatic heterocycles. The fraction of sp³-hybridized carbons (Fsp3) is 0.0741. The molecule has 0 unspecified atom stereocenters. The van der Waals surface area contributed by atoms with Crippen LogP contribution in [0.15, 0.2) is 102 Å². The third kappa shape index (κ3) is 4.23. The van der Waals surface area contributed by atoms with Crippen LogP contribution in [0.5, 0.6) is 11.8 Å². The Morgan fingerprint density at radius 3 is 2.26 bits per heavy atom. The first kappa shape index (κ1) is 21.3. The van der Waals surface area contributed by atoms with Crippen LogP contribution < -0.4 is 10.3 Å². The Balaban J connectivity index is 1.68. The molecule has 34 heavy (non-hydrogen) atoms. The molecule has 0 radical (unpaired) electrons. The fourth-order valence-corrected chi connectivity index (χ4v) is 3.85. The van der Waals surface area contributed by atoms with Gasteiger partial charge in [-0.15, -0.1) is 0 Å². The van der Waals surface area contributed by atoms with E-state index >= 15 is 0 Å². The highest BCUT2D eigenvalue weighted by molar-refractivity contribution is 5.79. The highest BCUT2D eigenvalue weighted by atomic mass is 19.1. The summed E-state index contributed by atoms with van der Waals surface area (Å²) in [4.78, 5) is 22.3. The molecule has 5 rings (SSSR count). The van der Waals surface area contributed by atoms with Crippen molar-refractivity contribution in [2.75, 3.05) is 0 Å². The topological polar surface area (TPSA) is 61.9 Å². The van der Waals surface area contributed by atoms with E-state index < -0.39 is 0 Å². The Kier molecular flexibility index (Phi) is 5.74. The molecule has 0 aliphatic carbocycles. The molecule has 0 aliphatic rings. The number of hydrogen-bond acceptors (Lipinski definition) is 4. The molecule has 168 valence electrons. The molecule has 6 nitrogen and oxygen atoms in total. The molecule has 0 amide bonds. The maximum atomic E-state index is 13.6. The van der Waals surface area contributed by atoms with Gasteiger partial charge in [-0.2, -0.15) is 4.98 Å². The molecule has 0 saturated heterocycles. The zero-order valence-corrected chi connectivity index (χ0v) is 18.4. The summed E-state index contributed by atoms with van der Waals surface area (Å²) < 4.78 is 22.9. The lowest BCUT2D eigenvalue weighted by Crippen LogP contribution is -2.20. The molecule has 0 spiro atoms. The van der Waals surface area contributed by atoms with E-state index in [4.69, 9.17) is 4.74 Å². The SMILES string of the molecule is Cn1c(=O)c(-c2ccc(F)cc2)c(-c2ccnc(Oc3ccccc3)n2)n1Cc1ccccc1. The minimum absolute atomic E-state index is 0.163. The molecule has 7 heteroatoms. The van der Waals surface area contributed by atoms with Crippen LogP contribution in [0, 0.1) is 5.82 Å². The maximum Gasteiger partial charge on any atom is 0.322 e. The Bertz CT molecular complexity index is 1480. The van der Waals surface area contributed by atoms with E-state index in [2.05, 4.69) is 9.97 Å². The predicted molar refractivity (Wildman–Crippen MR) is 128 cm³/mol. The van der Waals surface area contributed by atoms with E-state index in [1.165, 1.54) is 12.1 Å². The fourth-order valence-electron chi connectivity index (χ4n) is 3.85. The molecule has 2 heterocycles. The second-order valence-electron chi connectivity index (χ2n) is 7.74. The molecule has 0 saturated carbocycles. The number of halogens is 1. The molecule has 3 aromatic carbocycles. The molecule has 0 bridgehead atoms. The maximum absolute atomic E-state index is 13.6. The van der Waals surface area contributed by atoms with E-state index in [0.717, 1.165) is 5.56 Å². The Labute approximate surface area is 195 Å². The van der Waals surface area contributed by atoms with Crippen LogP contribution in [0.3, 0.4) is 0 Å². The van der Waals surface area contributed by atoms with Gasteiger partial charge < -0.3 is 4.74 Å². The highest BCUT2D eigenvalue weighted by Crippen LogP contribution is 2.31. The monoisotopic (exact) mass is 452 g/mol. The van der Waals surface area contributed by atoms with Crippen LogP contribution in [-0.4, -0.2) is 19.3 Å². The van der Waals surface area contributed by atoms with Crippen LogP contribution in [0.2, 0.25) is 0 Å². The highest BCUT2D eigenvalue weighted by Gasteiger charge is 2.23. The third-order valence-corrected chi connectivity index (χ3v) is 5.50. The van der Waals surface area contributed by atoms with E-state index in [9.17, 15) is 9.18 Å². The van der Waals surface area contributed by atoms with E-state index in [-0.39, 0.29) is 17.4 Å². The summed E-state index contributed by atoms with van der Waals surface area (Å²) in [5.74, 6) is 0.236. The summed E-state index contributed by atoms with van der Waals surface area (Å²) >= 11 is 0. The standard InChI is InChI=1S/C27H21FN4O2/c1-31-26(33)24(20-12-14-21(28)15-13-20)25(32(31)18-19-8-4-2-5-9-19)23-16-17-29-27(30-23)34-22-10-6-3-7-11-22/h2-17H,18H2,1H3. The Morgan fingerprint density at radius 1 is 0.882 bits per heavy atom. The molecule has 2 aromatic heterocycles. The van der Waals surface area contributed by atoms with Gasteiger partial charge in [0.05, 0.1) is 23.5 Å². The normalized spacial score (nSPS) is 10.9. The lowest BCUT2D eigenvalue weighted by atomic mass is 10.0. The largest absolute Gasteiger partial charge is 0.424 e. The van der Waals surface area contributed by atoms with Crippen molar-refractivity contribution in [1.29, 1.82) is 0 Å². The summed E-state index contributed by atoms with van der Waals surface area (Å²) in [6.45, 7) is 0.446. The van der Waals surface area contributed by atoms with Crippen LogP contribution >= 0.6 is 0 Å². The van der Waals surface area contributed by atoms with Crippen LogP contribution in [0.1, 0.15) is 5.56 Å². The summed E-state index contributed by atoms with van der Waals surface area (Å²) in [5, 5.41) is 0. The molecule has 5 aromatic rings. The van der Waals surface area contributed by atoms with Crippen LogP contribution in [-0.2, 0) is 13.6 Å². The van der Waals surface area contributed by atoms with Crippen molar-refractivity contribution in [3.63, 3.8) is 0 Å². The Morgan fingerprint density at radius 2 is 1.56 bits per heavy atom. The van der Waals surface area contributed by atoms with Gasteiger partial charge >= 0.3 is 6.01 Å². The average molecular weight is 452 g/mol. The van der Waals surface area contributed by atoms with Gasteiger partial charge in [-0.1, -0.05) is 60.7 Å². The number of benzene rings is 3. The zero-order chi connectivity index (χ0) is 23.5. The van der Waals surface area contributed by atoms with Gasteiger partial charge in [0.25, 0.3) is 5.56 Å². The molecular weight excluding hydrogens is 431 g/mol. The number of rotatable bonds is 6. The van der Waals surface area contributed by atoms with Gasteiger partial charge in [-0.3, -0.25) is 14.2 Å². The first-order chi connectivity index (χ1) is 16.6. The average Bonchev–Trinajstić information content (AvgIpc) is 3.11. The minimum atomic E-state index is -0.369. The number of nitrogens with zero attached hydrogens (tertiary/aromatic N) is 4. The van der Waals surface area contributed by atoms with Crippen LogP contribution in [0.25, 0.3) is 22.5 Å². The summed E-state index contributed by atoms with van der Waals surface area (Å²) in [7, 11) is 1.71. The van der Waals surface area contributed by atoms with E-state index in [0.29, 0.717) is 34.8 Å². The van der Waals surface area contributed by atoms with Crippen molar-refractivity contribution >= 4 is 0 Å². The molecule has 0 fully saturated rings. The number of hydrogen-bond donors (Lipinski definition) is 0. The zero-order valence-electron chi connectivity index (χ0n) is 18.4. The minimum Gasteiger partial charge on any atom is -0.424 e. The van der Waals surface area contributed by atoms with Gasteiger partial charge in [-0.25, -0.2) is 9.37 Å². The van der Waals surface area contributed by atoms with Crippen molar-refractivity contribution in [3.8, 4) is 34.3 Å². The van der Waals surface area contributed by atoms with E-state index in [1.54, 1.807) is 36.1 Å². The van der Waals surface area contributed by atoms with Crippen molar-refractivity contribution in [2.24, 2.45) is 7.05 Å². The lowest BCUT2D eigenvalue weighted by Gasteiger charge is -2.13. The van der Waals surface area contributed by atoms with Gasteiger partial charge in [0, 0.05) is 13.2 Å². The third-order valence-electron chi connectivity index (χ3n) is 5.50. The number of aromatic nitrogens is 4. The van der Waals surface area contributed by atoms with Gasteiger partial charge in [0.15, 0.2) is 0 Å². The number of ether oxygens (including phenoxy) is 1. The summed E-state index contributed by atoms with van der Waals surface area (Å²) in [6, 6.07) is 26.9. The molecular formula is C27H21FN4O2. The van der Waals surface area contributed by atoms with Gasteiger partial charge in [0.2, 0.25) is 0 Å². The van der Waals surface area contributed by atoms with Crippen LogP contribution in [0.4, 0.5) is 4.39 Å². The van der Waals surface area contributed by atoms with Crippen molar-refractivity contribution in [3.05, 3.63) is 119 Å². The first-order valence-electron chi connectivity index (χ1n) is 10.8. The second kappa shape index (κ2) is 9.15. The quantitative estimate of drug-likeness (QED) is 0.351. The van der Waals surface area contributed by atoms with Crippen molar-refractivity contribution < 1.29 is 9.13 Å². The van der Waals surface area contributed by atoms with Gasteiger partial charge in [0.1, 0.15) is 11.6 Å². The second-order valence-corrected chi connectivity index (χ2v) is 7.74. The van der Waals surface area contributed by atoms with E-state index in [1.807, 2.05) is 65.3 Å². The Hall–Kier alpha value is -4.52. The molecule has 0 N–H and O–H groups in total. The van der Waals surface area contributed by atoms with Crippen molar-refractivity contribution in [2.45, 2.75) is 6.54 Å². The smallest absolute Gasteiger partial charge is 0.322 e. The summed E-state index contributed by atoms with van der Waals surface area (Å²) in [5.41, 5.74) is 2.98. The lowest BCUT2D eigenvalue weighted by molar-refractivity contribution is 0.442. The van der Waals surface area contributed by atoms with Crippen molar-refractivity contribution in [1.82, 2.24) is 19.3 Å². The number of para-hydroxylation sites is 1.